The summed E-state index contributed by atoms with van der Waals surface area (Å²) in [4.78, 5) is 22.9. The molecular formula is C22H42MgO6. The minimum absolute atomic E-state index is 0. The van der Waals surface area contributed by atoms with Crippen LogP contribution in [0.5, 0.6) is 0 Å². The normalized spacial score (nSPS) is 13.0. The summed E-state index contributed by atoms with van der Waals surface area (Å²) in [5, 5.41) is 22.9. The van der Waals surface area contributed by atoms with Gasteiger partial charge in [0.05, 0.1) is 0 Å². The fourth-order valence-corrected chi connectivity index (χ4v) is 1.10. The Hall–Kier alpha value is -0.894. The smallest absolute Gasteiger partial charge is 0.875 e. The van der Waals surface area contributed by atoms with Gasteiger partial charge in [0, 0.05) is 10.8 Å². The maximum Gasteiger partial charge on any atom is 2.00 e. The van der Waals surface area contributed by atoms with E-state index in [1.54, 1.807) is 0 Å². The third kappa shape index (κ3) is 17.7. The van der Waals surface area contributed by atoms with Gasteiger partial charge in [0.25, 0.3) is 0 Å². The van der Waals surface area contributed by atoms with Crippen molar-refractivity contribution >= 4 is 34.6 Å². The fourth-order valence-electron chi connectivity index (χ4n) is 1.10. The predicted octanol–water partition coefficient (Wildman–Crippen LogP) is 1.75. The second-order valence-corrected chi connectivity index (χ2v) is 10.7. The molecule has 0 aromatic carbocycles. The van der Waals surface area contributed by atoms with Gasteiger partial charge in [-0.2, -0.15) is 0 Å². The zero-order valence-corrected chi connectivity index (χ0v) is 21.9. The number of hydrogen-bond acceptors (Lipinski definition) is 4. The van der Waals surface area contributed by atoms with Crippen molar-refractivity contribution in [3.8, 4) is 0 Å². The van der Waals surface area contributed by atoms with Crippen molar-refractivity contribution < 1.29 is 30.8 Å². The summed E-state index contributed by atoms with van der Waals surface area (Å²) in [6.07, 6.45) is 2.44. The van der Waals surface area contributed by atoms with E-state index >= 15 is 0 Å². The Morgan fingerprint density at radius 2 is 0.690 bits per heavy atom. The van der Waals surface area contributed by atoms with E-state index in [2.05, 4.69) is 0 Å². The minimum Gasteiger partial charge on any atom is -0.875 e. The van der Waals surface area contributed by atoms with Crippen molar-refractivity contribution in [3.05, 3.63) is 23.7 Å². The average Bonchev–Trinajstić information content (AvgIpc) is 2.34. The first-order chi connectivity index (χ1) is 11.1. The van der Waals surface area contributed by atoms with Crippen molar-refractivity contribution in [1.82, 2.24) is 0 Å². The number of carbonyl (C=O) groups excluding carboxylic acids is 2. The number of ketones is 2. The minimum atomic E-state index is -0.457. The molecule has 6 nitrogen and oxygen atoms in total. The van der Waals surface area contributed by atoms with Gasteiger partial charge in [0.1, 0.15) is 0 Å². The molecule has 0 saturated carbocycles. The molecule has 0 spiro atoms. The Morgan fingerprint density at radius 3 is 0.793 bits per heavy atom. The molecule has 7 heteroatoms. The Morgan fingerprint density at radius 1 is 0.517 bits per heavy atom. The first-order valence-electron chi connectivity index (χ1n) is 8.97. The van der Waals surface area contributed by atoms with Gasteiger partial charge in [-0.1, -0.05) is 83.1 Å². The molecule has 0 aromatic heterocycles. The summed E-state index contributed by atoms with van der Waals surface area (Å²) in [5.74, 6) is -0.417. The van der Waals surface area contributed by atoms with Gasteiger partial charge < -0.3 is 21.2 Å². The molecule has 0 aromatic rings. The predicted molar refractivity (Wildman–Crippen MR) is 117 cm³/mol. The molecule has 0 atom stereocenters. The maximum absolute atomic E-state index is 11.4. The number of allylic oxidation sites excluding steroid dienone is 4. The van der Waals surface area contributed by atoms with Crippen molar-refractivity contribution in [2.75, 3.05) is 0 Å². The molecule has 0 saturated heterocycles. The Bertz CT molecular complexity index is 510. The van der Waals surface area contributed by atoms with E-state index in [4.69, 9.17) is 0 Å². The molecule has 29 heavy (non-hydrogen) atoms. The van der Waals surface area contributed by atoms with Crippen LogP contribution in [0.25, 0.3) is 0 Å². The second-order valence-electron chi connectivity index (χ2n) is 10.7. The Labute approximate surface area is 193 Å². The summed E-state index contributed by atoms with van der Waals surface area (Å²) in [5.41, 5.74) is -1.83. The Balaban J connectivity index is -0.000000120. The van der Waals surface area contributed by atoms with Crippen LogP contribution in [0, 0.1) is 21.7 Å². The van der Waals surface area contributed by atoms with E-state index in [0.29, 0.717) is 0 Å². The van der Waals surface area contributed by atoms with E-state index < -0.39 is 21.7 Å². The van der Waals surface area contributed by atoms with Crippen LogP contribution in [0.2, 0.25) is 0 Å². The van der Waals surface area contributed by atoms with Crippen LogP contribution in [0.3, 0.4) is 0 Å². The number of carbonyl (C=O) groups is 2. The molecule has 168 valence electrons. The summed E-state index contributed by atoms with van der Waals surface area (Å²) in [6.45, 7) is 21.7. The zero-order valence-electron chi connectivity index (χ0n) is 20.5. The van der Waals surface area contributed by atoms with Gasteiger partial charge in [-0.15, -0.1) is 11.5 Å². The van der Waals surface area contributed by atoms with Crippen LogP contribution in [-0.4, -0.2) is 45.6 Å². The molecule has 0 bridgehead atoms. The van der Waals surface area contributed by atoms with Gasteiger partial charge in [-0.3, -0.25) is 9.59 Å². The van der Waals surface area contributed by atoms with Crippen LogP contribution in [0.4, 0.5) is 0 Å². The molecular weight excluding hydrogens is 385 g/mol. The van der Waals surface area contributed by atoms with Gasteiger partial charge in [0.15, 0.2) is 11.6 Å². The summed E-state index contributed by atoms with van der Waals surface area (Å²) >= 11 is 0. The first kappa shape index (κ1) is 38.7. The molecule has 0 radical (unpaired) electrons. The van der Waals surface area contributed by atoms with Crippen LogP contribution < -0.4 is 10.2 Å². The van der Waals surface area contributed by atoms with E-state index in [1.807, 2.05) is 83.1 Å². The standard InChI is InChI=1S/2C11H20O2.Mg.2H2O/c2*1-10(2,3)8(12)7-9(13)11(4,5)6;;;/h2*7,12H,1-6H3;;2*1H2/q;;+2;;/p-2/b8-7+;8-7-;;;. The van der Waals surface area contributed by atoms with Crippen molar-refractivity contribution in [3.63, 3.8) is 0 Å². The number of rotatable bonds is 2. The Kier molecular flexibility index (Phi) is 17.9. The van der Waals surface area contributed by atoms with Crippen molar-refractivity contribution in [2.24, 2.45) is 21.7 Å². The molecule has 0 aliphatic heterocycles. The average molecular weight is 427 g/mol. The van der Waals surface area contributed by atoms with Crippen molar-refractivity contribution in [1.29, 1.82) is 0 Å². The van der Waals surface area contributed by atoms with Crippen LogP contribution in [0.1, 0.15) is 83.1 Å². The quantitative estimate of drug-likeness (QED) is 0.376. The van der Waals surface area contributed by atoms with Crippen LogP contribution in [-0.2, 0) is 9.59 Å². The summed E-state index contributed by atoms with van der Waals surface area (Å²) in [6, 6.07) is 0. The molecule has 0 aliphatic rings. The van der Waals surface area contributed by atoms with E-state index in [-0.39, 0.29) is 57.1 Å². The van der Waals surface area contributed by atoms with Crippen LogP contribution >= 0.6 is 0 Å². The van der Waals surface area contributed by atoms with Gasteiger partial charge in [0.2, 0.25) is 0 Å². The first-order valence-corrected chi connectivity index (χ1v) is 8.97. The van der Waals surface area contributed by atoms with E-state index in [0.717, 1.165) is 0 Å². The van der Waals surface area contributed by atoms with Gasteiger partial charge in [-0.05, 0) is 23.0 Å². The monoisotopic (exact) mass is 426 g/mol. The van der Waals surface area contributed by atoms with Gasteiger partial charge >= 0.3 is 23.1 Å². The molecule has 0 unspecified atom stereocenters. The molecule has 0 rings (SSSR count). The van der Waals surface area contributed by atoms with Gasteiger partial charge in [-0.25, -0.2) is 0 Å². The number of hydrogen-bond donors (Lipinski definition) is 0. The topological polar surface area (TPSA) is 143 Å². The third-order valence-corrected chi connectivity index (χ3v) is 3.48. The zero-order chi connectivity index (χ0) is 21.7. The second kappa shape index (κ2) is 13.4. The SMILES string of the molecule is CC(C)(C)C(=O)/C=C(/[O-])C(C)(C)C.CC(C)(C)C(=O)/C=C(\[O-])C(C)(C)C.O.O.[Mg+2]. The molecule has 0 heterocycles. The third-order valence-electron chi connectivity index (χ3n) is 3.48. The largest absolute Gasteiger partial charge is 2.00 e. The van der Waals surface area contributed by atoms with E-state index in [1.165, 1.54) is 12.2 Å². The van der Waals surface area contributed by atoms with Crippen LogP contribution in [0.15, 0.2) is 23.7 Å². The maximum atomic E-state index is 11.4. The molecule has 4 N–H and O–H groups in total. The summed E-state index contributed by atoms with van der Waals surface area (Å²) in [7, 11) is 0. The fraction of sp³-hybridized carbons (Fsp3) is 0.727. The molecule has 0 fully saturated rings. The molecule has 0 aliphatic carbocycles. The van der Waals surface area contributed by atoms with E-state index in [9.17, 15) is 19.8 Å². The van der Waals surface area contributed by atoms with Crippen molar-refractivity contribution in [2.45, 2.75) is 83.1 Å². The molecule has 0 amide bonds. The summed E-state index contributed by atoms with van der Waals surface area (Å²) < 4.78 is 0.